The molecule has 94 valence electrons. The lowest BCUT2D eigenvalue weighted by atomic mass is 10.1. The van der Waals surface area contributed by atoms with Crippen molar-refractivity contribution in [3.05, 3.63) is 29.8 Å². The Kier molecular flexibility index (Phi) is 3.40. The number of nitrogens with two attached hydrogens (primary N) is 1. The van der Waals surface area contributed by atoms with Crippen LogP contribution in [-0.2, 0) is 9.84 Å². The van der Waals surface area contributed by atoms with Crippen LogP contribution in [0.2, 0.25) is 0 Å². The van der Waals surface area contributed by atoms with Crippen molar-refractivity contribution in [1.82, 2.24) is 0 Å². The Bertz CT molecular complexity index is 499. The van der Waals surface area contributed by atoms with Crippen LogP contribution in [-0.4, -0.2) is 39.1 Å². The molecule has 0 radical (unpaired) electrons. The van der Waals surface area contributed by atoms with E-state index in [2.05, 4.69) is 11.0 Å². The fraction of sp³-hybridized carbons (Fsp3) is 0.500. The number of anilines is 1. The summed E-state index contributed by atoms with van der Waals surface area (Å²) >= 11 is 0. The summed E-state index contributed by atoms with van der Waals surface area (Å²) in [6, 6.07) is 7.99. The molecule has 5 heteroatoms. The van der Waals surface area contributed by atoms with Gasteiger partial charge in [0.25, 0.3) is 0 Å². The van der Waals surface area contributed by atoms with Gasteiger partial charge in [-0.25, -0.2) is 8.42 Å². The lowest BCUT2D eigenvalue weighted by molar-refractivity contribution is 0.559. The van der Waals surface area contributed by atoms with Crippen molar-refractivity contribution in [3.63, 3.8) is 0 Å². The van der Waals surface area contributed by atoms with E-state index in [-0.39, 0.29) is 17.5 Å². The monoisotopic (exact) mass is 254 g/mol. The minimum absolute atomic E-state index is 0.101. The van der Waals surface area contributed by atoms with Gasteiger partial charge >= 0.3 is 0 Å². The van der Waals surface area contributed by atoms with Gasteiger partial charge in [-0.15, -0.1) is 0 Å². The molecule has 1 aliphatic heterocycles. The lowest BCUT2D eigenvalue weighted by Gasteiger charge is -2.36. The summed E-state index contributed by atoms with van der Waals surface area (Å²) in [6.45, 7) is 2.93. The Morgan fingerprint density at radius 2 is 2.24 bits per heavy atom. The first-order chi connectivity index (χ1) is 8.02. The number of nitrogens with zero attached hydrogens (tertiary/aromatic N) is 1. The van der Waals surface area contributed by atoms with E-state index in [1.54, 1.807) is 0 Å². The fourth-order valence-corrected chi connectivity index (χ4v) is 3.77. The van der Waals surface area contributed by atoms with Gasteiger partial charge in [0.05, 0.1) is 17.5 Å². The molecule has 4 nitrogen and oxygen atoms in total. The molecule has 0 saturated carbocycles. The van der Waals surface area contributed by atoms with Gasteiger partial charge < -0.3 is 10.6 Å². The smallest absolute Gasteiger partial charge is 0.154 e. The molecule has 2 rings (SSSR count). The summed E-state index contributed by atoms with van der Waals surface area (Å²) in [5, 5.41) is 0. The minimum Gasteiger partial charge on any atom is -0.365 e. The molecule has 2 N–H and O–H groups in total. The fourth-order valence-electron chi connectivity index (χ4n) is 2.23. The normalized spacial score (nSPS) is 23.6. The Morgan fingerprint density at radius 1 is 1.47 bits per heavy atom. The Labute approximate surface area is 102 Å². The number of aryl methyl sites for hydroxylation is 1. The highest BCUT2D eigenvalue weighted by Gasteiger charge is 2.30. The Morgan fingerprint density at radius 3 is 2.88 bits per heavy atom. The van der Waals surface area contributed by atoms with Crippen LogP contribution in [0.1, 0.15) is 5.56 Å². The first-order valence-corrected chi connectivity index (χ1v) is 7.58. The van der Waals surface area contributed by atoms with E-state index in [0.29, 0.717) is 13.1 Å². The van der Waals surface area contributed by atoms with Crippen LogP contribution in [0.4, 0.5) is 5.69 Å². The van der Waals surface area contributed by atoms with Crippen LogP contribution in [0.25, 0.3) is 0 Å². The molecule has 0 spiro atoms. The zero-order valence-corrected chi connectivity index (χ0v) is 10.8. The third kappa shape index (κ3) is 2.79. The summed E-state index contributed by atoms with van der Waals surface area (Å²) < 4.78 is 23.2. The third-order valence-electron chi connectivity index (χ3n) is 3.14. The van der Waals surface area contributed by atoms with Crippen molar-refractivity contribution < 1.29 is 8.42 Å². The van der Waals surface area contributed by atoms with Crippen molar-refractivity contribution >= 4 is 15.5 Å². The largest absolute Gasteiger partial charge is 0.365 e. The molecule has 1 heterocycles. The standard InChI is InChI=1S/C12H18N2O2S/c1-10-3-2-4-11(7-10)14-5-6-17(15,16)9-12(14)8-13/h2-4,7,12H,5-6,8-9,13H2,1H3. The summed E-state index contributed by atoms with van der Waals surface area (Å²) in [5.74, 6) is 0.384. The molecule has 17 heavy (non-hydrogen) atoms. The topological polar surface area (TPSA) is 63.4 Å². The molecule has 0 aliphatic carbocycles. The van der Waals surface area contributed by atoms with Gasteiger partial charge in [0.2, 0.25) is 0 Å². The highest BCUT2D eigenvalue weighted by molar-refractivity contribution is 7.91. The van der Waals surface area contributed by atoms with E-state index in [1.807, 2.05) is 25.1 Å². The molecule has 1 aliphatic rings. The number of rotatable bonds is 2. The number of hydrogen-bond acceptors (Lipinski definition) is 4. The van der Waals surface area contributed by atoms with Crippen molar-refractivity contribution in [3.8, 4) is 0 Å². The average Bonchev–Trinajstić information content (AvgIpc) is 2.27. The number of sulfone groups is 1. The minimum atomic E-state index is -2.92. The zero-order chi connectivity index (χ0) is 12.5. The van der Waals surface area contributed by atoms with Gasteiger partial charge in [-0.3, -0.25) is 0 Å². The molecule has 1 saturated heterocycles. The van der Waals surface area contributed by atoms with E-state index >= 15 is 0 Å². The van der Waals surface area contributed by atoms with Crippen molar-refractivity contribution in [2.75, 3.05) is 29.5 Å². The van der Waals surface area contributed by atoms with Crippen LogP contribution in [0, 0.1) is 6.92 Å². The van der Waals surface area contributed by atoms with Gasteiger partial charge in [-0.2, -0.15) is 0 Å². The quantitative estimate of drug-likeness (QED) is 0.837. The molecular formula is C12H18N2O2S. The maximum atomic E-state index is 11.6. The first-order valence-electron chi connectivity index (χ1n) is 5.75. The second-order valence-electron chi connectivity index (χ2n) is 4.54. The van der Waals surface area contributed by atoms with Crippen LogP contribution in [0.5, 0.6) is 0 Å². The molecule has 0 aromatic heterocycles. The number of benzene rings is 1. The van der Waals surface area contributed by atoms with Gasteiger partial charge in [0.15, 0.2) is 9.84 Å². The predicted molar refractivity (Wildman–Crippen MR) is 70.0 cm³/mol. The molecule has 0 amide bonds. The summed E-state index contributed by atoms with van der Waals surface area (Å²) in [6.07, 6.45) is 0. The van der Waals surface area contributed by atoms with E-state index in [1.165, 1.54) is 5.56 Å². The SMILES string of the molecule is Cc1cccc(N2CCS(=O)(=O)CC2CN)c1. The highest BCUT2D eigenvalue weighted by atomic mass is 32.2. The van der Waals surface area contributed by atoms with Crippen LogP contribution >= 0.6 is 0 Å². The van der Waals surface area contributed by atoms with E-state index < -0.39 is 9.84 Å². The Hall–Kier alpha value is -1.07. The maximum absolute atomic E-state index is 11.6. The first kappa shape index (κ1) is 12.4. The van der Waals surface area contributed by atoms with E-state index in [4.69, 9.17) is 5.73 Å². The summed E-state index contributed by atoms with van der Waals surface area (Å²) in [4.78, 5) is 2.11. The highest BCUT2D eigenvalue weighted by Crippen LogP contribution is 2.22. The summed E-state index contributed by atoms with van der Waals surface area (Å²) in [5.41, 5.74) is 7.92. The van der Waals surface area contributed by atoms with Crippen LogP contribution in [0.3, 0.4) is 0 Å². The predicted octanol–water partition coefficient (Wildman–Crippen LogP) is 0.557. The van der Waals surface area contributed by atoms with Gasteiger partial charge in [-0.05, 0) is 24.6 Å². The van der Waals surface area contributed by atoms with Crippen LogP contribution in [0.15, 0.2) is 24.3 Å². The molecule has 0 bridgehead atoms. The molecular weight excluding hydrogens is 236 g/mol. The second-order valence-corrected chi connectivity index (χ2v) is 6.77. The molecule has 1 aromatic rings. The van der Waals surface area contributed by atoms with Gasteiger partial charge in [-0.1, -0.05) is 12.1 Å². The van der Waals surface area contributed by atoms with E-state index in [9.17, 15) is 8.42 Å². The third-order valence-corrected chi connectivity index (χ3v) is 4.83. The molecule has 1 fully saturated rings. The Balaban J connectivity index is 2.27. The van der Waals surface area contributed by atoms with Gasteiger partial charge in [0.1, 0.15) is 0 Å². The number of hydrogen-bond donors (Lipinski definition) is 1. The molecule has 1 aromatic carbocycles. The maximum Gasteiger partial charge on any atom is 0.154 e. The zero-order valence-electron chi connectivity index (χ0n) is 9.96. The van der Waals surface area contributed by atoms with E-state index in [0.717, 1.165) is 5.69 Å². The average molecular weight is 254 g/mol. The van der Waals surface area contributed by atoms with Crippen molar-refractivity contribution in [2.24, 2.45) is 5.73 Å². The van der Waals surface area contributed by atoms with Crippen LogP contribution < -0.4 is 10.6 Å². The molecule has 1 unspecified atom stereocenters. The van der Waals surface area contributed by atoms with Crippen molar-refractivity contribution in [2.45, 2.75) is 13.0 Å². The molecule has 1 atom stereocenters. The van der Waals surface area contributed by atoms with Gasteiger partial charge in [0, 0.05) is 18.8 Å². The second kappa shape index (κ2) is 4.66. The van der Waals surface area contributed by atoms with Crippen molar-refractivity contribution in [1.29, 1.82) is 0 Å². The summed E-state index contributed by atoms with van der Waals surface area (Å²) in [7, 11) is -2.92. The lowest BCUT2D eigenvalue weighted by Crippen LogP contribution is -2.52.